The lowest BCUT2D eigenvalue weighted by atomic mass is 10.0. The van der Waals surface area contributed by atoms with Crippen molar-refractivity contribution < 1.29 is 4.79 Å². The molecule has 26 heavy (non-hydrogen) atoms. The second-order valence-electron chi connectivity index (χ2n) is 6.36. The van der Waals surface area contributed by atoms with Gasteiger partial charge in [0.1, 0.15) is 5.01 Å². The number of carbonyl (C=O) groups is 1. The number of nitrogens with zero attached hydrogens (tertiary/aromatic N) is 4. The van der Waals surface area contributed by atoms with Crippen LogP contribution in [0.25, 0.3) is 11.4 Å². The number of aryl methyl sites for hydroxylation is 2. The predicted octanol–water partition coefficient (Wildman–Crippen LogP) is 3.36. The van der Waals surface area contributed by atoms with Crippen molar-refractivity contribution in [3.8, 4) is 11.4 Å². The van der Waals surface area contributed by atoms with Gasteiger partial charge in [-0.2, -0.15) is 0 Å². The molecule has 1 aliphatic carbocycles. The maximum atomic E-state index is 12.5. The second-order valence-corrected chi connectivity index (χ2v) is 7.48. The molecule has 3 aromatic rings. The molecule has 6 nitrogen and oxygen atoms in total. The van der Waals surface area contributed by atoms with Gasteiger partial charge in [-0.3, -0.25) is 9.78 Å². The molecule has 3 heterocycles. The van der Waals surface area contributed by atoms with E-state index in [0.29, 0.717) is 11.4 Å². The van der Waals surface area contributed by atoms with E-state index in [1.165, 1.54) is 23.4 Å². The summed E-state index contributed by atoms with van der Waals surface area (Å²) in [7, 11) is 0. The molecule has 1 N–H and O–H groups in total. The SMILES string of the molecule is C[C@H](NC(=O)c1cnc(-c2cccnc2)nc1)c1nc2c(s1)CCCC2. The van der Waals surface area contributed by atoms with Crippen LogP contribution in [0.3, 0.4) is 0 Å². The molecule has 0 unspecified atom stereocenters. The van der Waals surface area contributed by atoms with Gasteiger partial charge in [-0.25, -0.2) is 15.0 Å². The number of carbonyl (C=O) groups excluding carboxylic acids is 1. The van der Waals surface area contributed by atoms with Crippen molar-refractivity contribution in [2.45, 2.75) is 38.6 Å². The minimum absolute atomic E-state index is 0.129. The predicted molar refractivity (Wildman–Crippen MR) is 99.9 cm³/mol. The van der Waals surface area contributed by atoms with Crippen LogP contribution < -0.4 is 5.32 Å². The highest BCUT2D eigenvalue weighted by atomic mass is 32.1. The standard InChI is InChI=1S/C19H19N5OS/c1-12(19-24-15-6-2-3-7-16(15)26-19)23-18(25)14-10-21-17(22-11-14)13-5-4-8-20-9-13/h4-5,8-12H,2-3,6-7H2,1H3,(H,23,25)/t12-/m0/s1. The van der Waals surface area contributed by atoms with Crippen LogP contribution in [0.2, 0.25) is 0 Å². The van der Waals surface area contributed by atoms with E-state index in [-0.39, 0.29) is 11.9 Å². The van der Waals surface area contributed by atoms with Gasteiger partial charge in [0.2, 0.25) is 0 Å². The third-order valence-corrected chi connectivity index (χ3v) is 5.75. The fourth-order valence-electron chi connectivity index (χ4n) is 2.99. The van der Waals surface area contributed by atoms with Crippen molar-refractivity contribution in [3.05, 3.63) is 58.1 Å². The molecule has 0 radical (unpaired) electrons. The molecule has 0 bridgehead atoms. The third-order valence-electron chi connectivity index (χ3n) is 4.41. The molecule has 1 atom stereocenters. The number of rotatable bonds is 4. The highest BCUT2D eigenvalue weighted by molar-refractivity contribution is 7.11. The monoisotopic (exact) mass is 365 g/mol. The van der Waals surface area contributed by atoms with E-state index in [2.05, 4.69) is 20.3 Å². The Hall–Kier alpha value is -2.67. The van der Waals surface area contributed by atoms with Gasteiger partial charge >= 0.3 is 0 Å². The first-order chi connectivity index (χ1) is 12.7. The van der Waals surface area contributed by atoms with Gasteiger partial charge in [0, 0.05) is 35.2 Å². The second kappa shape index (κ2) is 7.29. The Labute approximate surface area is 155 Å². The van der Waals surface area contributed by atoms with E-state index < -0.39 is 0 Å². The molecule has 0 aliphatic heterocycles. The molecule has 0 spiro atoms. The molecule has 3 aromatic heterocycles. The van der Waals surface area contributed by atoms with Crippen LogP contribution in [-0.2, 0) is 12.8 Å². The first-order valence-corrected chi connectivity index (χ1v) is 9.54. The molecule has 0 fully saturated rings. The zero-order valence-electron chi connectivity index (χ0n) is 14.5. The van der Waals surface area contributed by atoms with Gasteiger partial charge in [-0.1, -0.05) is 0 Å². The number of thiazole rings is 1. The number of aromatic nitrogens is 4. The van der Waals surface area contributed by atoms with Crippen LogP contribution in [0.4, 0.5) is 0 Å². The molecule has 0 aromatic carbocycles. The zero-order chi connectivity index (χ0) is 17.9. The van der Waals surface area contributed by atoms with Gasteiger partial charge in [-0.15, -0.1) is 11.3 Å². The van der Waals surface area contributed by atoms with Crippen LogP contribution in [0, 0.1) is 0 Å². The van der Waals surface area contributed by atoms with Crippen molar-refractivity contribution >= 4 is 17.2 Å². The lowest BCUT2D eigenvalue weighted by molar-refractivity contribution is 0.0939. The maximum absolute atomic E-state index is 12.5. The summed E-state index contributed by atoms with van der Waals surface area (Å²) in [5, 5.41) is 3.97. The summed E-state index contributed by atoms with van der Waals surface area (Å²) >= 11 is 1.72. The number of nitrogens with one attached hydrogen (secondary N) is 1. The average Bonchev–Trinajstić information content (AvgIpc) is 3.13. The summed E-state index contributed by atoms with van der Waals surface area (Å²) in [6, 6.07) is 3.58. The zero-order valence-corrected chi connectivity index (χ0v) is 15.3. The maximum Gasteiger partial charge on any atom is 0.254 e. The summed E-state index contributed by atoms with van der Waals surface area (Å²) in [5.41, 5.74) is 2.47. The van der Waals surface area contributed by atoms with Gasteiger partial charge in [-0.05, 0) is 44.7 Å². The molecule has 7 heteroatoms. The lowest BCUT2D eigenvalue weighted by Crippen LogP contribution is -2.26. The molecule has 4 rings (SSSR count). The van der Waals surface area contributed by atoms with Crippen LogP contribution in [-0.4, -0.2) is 25.8 Å². The van der Waals surface area contributed by atoms with Gasteiger partial charge in [0.25, 0.3) is 5.91 Å². The molecule has 0 saturated carbocycles. The summed E-state index contributed by atoms with van der Waals surface area (Å²) in [6.07, 6.45) is 11.1. The quantitative estimate of drug-likeness (QED) is 0.767. The smallest absolute Gasteiger partial charge is 0.254 e. The van der Waals surface area contributed by atoms with Gasteiger partial charge in [0.15, 0.2) is 5.82 Å². The first kappa shape index (κ1) is 16.8. The third kappa shape index (κ3) is 3.48. The number of pyridine rings is 1. The number of fused-ring (bicyclic) bond motifs is 1. The van der Waals surface area contributed by atoms with Crippen LogP contribution >= 0.6 is 11.3 Å². The first-order valence-electron chi connectivity index (χ1n) is 8.72. The largest absolute Gasteiger partial charge is 0.343 e. The fraction of sp³-hybridized carbons (Fsp3) is 0.316. The molecule has 0 saturated heterocycles. The molecular weight excluding hydrogens is 346 g/mol. The summed E-state index contributed by atoms with van der Waals surface area (Å²) in [4.78, 5) is 31.2. The highest BCUT2D eigenvalue weighted by Gasteiger charge is 2.20. The van der Waals surface area contributed by atoms with Gasteiger partial charge < -0.3 is 5.32 Å². The molecular formula is C19H19N5OS. The Morgan fingerprint density at radius 3 is 2.73 bits per heavy atom. The molecule has 132 valence electrons. The van der Waals surface area contributed by atoms with Crippen molar-refractivity contribution in [2.24, 2.45) is 0 Å². The number of hydrogen-bond donors (Lipinski definition) is 1. The Bertz CT molecular complexity index is 884. The average molecular weight is 365 g/mol. The Balaban J connectivity index is 1.45. The topological polar surface area (TPSA) is 80.7 Å². The van der Waals surface area contributed by atoms with E-state index >= 15 is 0 Å². The van der Waals surface area contributed by atoms with Crippen LogP contribution in [0.5, 0.6) is 0 Å². The van der Waals surface area contributed by atoms with E-state index in [1.807, 2.05) is 19.1 Å². The Morgan fingerprint density at radius 1 is 1.19 bits per heavy atom. The van der Waals surface area contributed by atoms with E-state index in [4.69, 9.17) is 4.98 Å². The van der Waals surface area contributed by atoms with Crippen molar-refractivity contribution in [1.82, 2.24) is 25.3 Å². The Kier molecular flexibility index (Phi) is 4.71. The van der Waals surface area contributed by atoms with E-state index in [9.17, 15) is 4.79 Å². The summed E-state index contributed by atoms with van der Waals surface area (Å²) in [6.45, 7) is 1.97. The fourth-order valence-corrected chi connectivity index (χ4v) is 4.14. The van der Waals surface area contributed by atoms with Crippen molar-refractivity contribution in [2.75, 3.05) is 0 Å². The number of hydrogen-bond acceptors (Lipinski definition) is 6. The van der Waals surface area contributed by atoms with Crippen molar-refractivity contribution in [1.29, 1.82) is 0 Å². The Morgan fingerprint density at radius 2 is 2.00 bits per heavy atom. The normalized spacial score (nSPS) is 14.5. The lowest BCUT2D eigenvalue weighted by Gasteiger charge is -2.11. The molecule has 1 aliphatic rings. The highest BCUT2D eigenvalue weighted by Crippen LogP contribution is 2.29. The minimum atomic E-state index is -0.191. The van der Waals surface area contributed by atoms with E-state index in [1.54, 1.807) is 36.1 Å². The van der Waals surface area contributed by atoms with E-state index in [0.717, 1.165) is 23.4 Å². The van der Waals surface area contributed by atoms with Crippen LogP contribution in [0.1, 0.15) is 51.7 Å². The summed E-state index contributed by atoms with van der Waals surface area (Å²) < 4.78 is 0. The molecule has 1 amide bonds. The van der Waals surface area contributed by atoms with Gasteiger partial charge in [0.05, 0.1) is 17.3 Å². The van der Waals surface area contributed by atoms with Crippen LogP contribution in [0.15, 0.2) is 36.9 Å². The summed E-state index contributed by atoms with van der Waals surface area (Å²) in [5.74, 6) is 0.360. The number of amides is 1. The minimum Gasteiger partial charge on any atom is -0.343 e. The van der Waals surface area contributed by atoms with Crippen molar-refractivity contribution in [3.63, 3.8) is 0 Å².